The summed E-state index contributed by atoms with van der Waals surface area (Å²) in [6, 6.07) is 7.48. The second-order valence-corrected chi connectivity index (χ2v) is 8.09. The van der Waals surface area contributed by atoms with Gasteiger partial charge in [0.25, 0.3) is 0 Å². The van der Waals surface area contributed by atoms with Gasteiger partial charge in [-0.25, -0.2) is 0 Å². The third-order valence-corrected chi connectivity index (χ3v) is 5.62. The molecule has 0 bridgehead atoms. The summed E-state index contributed by atoms with van der Waals surface area (Å²) in [4.78, 5) is 0. The van der Waals surface area contributed by atoms with E-state index in [4.69, 9.17) is 18.9 Å². The molecule has 2 aliphatic heterocycles. The zero-order valence-corrected chi connectivity index (χ0v) is 17.0. The number of methoxy groups -OCH3 is 1. The summed E-state index contributed by atoms with van der Waals surface area (Å²) in [6.07, 6.45) is 2.62. The van der Waals surface area contributed by atoms with Crippen LogP contribution in [-0.2, 0) is 12.8 Å². The molecule has 5 nitrogen and oxygen atoms in total. The lowest BCUT2D eigenvalue weighted by Gasteiger charge is -2.36. The van der Waals surface area contributed by atoms with Gasteiger partial charge in [-0.05, 0) is 46.1 Å². The van der Waals surface area contributed by atoms with Gasteiger partial charge in [0.1, 0.15) is 34.3 Å². The number of ether oxygens (including phenoxy) is 4. The maximum absolute atomic E-state index is 10.5. The second-order valence-electron chi connectivity index (χ2n) is 8.09. The number of phenols is 1. The van der Waals surface area contributed by atoms with E-state index in [0.29, 0.717) is 19.0 Å². The second kappa shape index (κ2) is 7.12. The van der Waals surface area contributed by atoms with Crippen molar-refractivity contribution in [2.75, 3.05) is 20.3 Å². The highest BCUT2D eigenvalue weighted by Gasteiger charge is 2.34. The highest BCUT2D eigenvalue weighted by Crippen LogP contribution is 2.49. The summed E-state index contributed by atoms with van der Waals surface area (Å²) < 4.78 is 23.6. The van der Waals surface area contributed by atoms with Gasteiger partial charge in [-0.1, -0.05) is 6.07 Å². The topological polar surface area (TPSA) is 57.2 Å². The Bertz CT molecular complexity index is 887. The Balaban J connectivity index is 1.68. The molecular formula is C23H28O5. The van der Waals surface area contributed by atoms with Gasteiger partial charge in [0.15, 0.2) is 0 Å². The van der Waals surface area contributed by atoms with Gasteiger partial charge >= 0.3 is 0 Å². The van der Waals surface area contributed by atoms with E-state index in [1.165, 1.54) is 0 Å². The molecule has 0 radical (unpaired) electrons. The number of hydrogen-bond acceptors (Lipinski definition) is 5. The summed E-state index contributed by atoms with van der Waals surface area (Å²) in [6.45, 7) is 7.22. The normalized spacial score (nSPS) is 19.6. The molecule has 4 rings (SSSR count). The highest BCUT2D eigenvalue weighted by atomic mass is 16.5. The quantitative estimate of drug-likeness (QED) is 0.833. The Kier molecular flexibility index (Phi) is 4.77. The van der Waals surface area contributed by atoms with Crippen molar-refractivity contribution < 1.29 is 24.1 Å². The fourth-order valence-electron chi connectivity index (χ4n) is 4.17. The molecule has 0 saturated heterocycles. The van der Waals surface area contributed by atoms with Crippen molar-refractivity contribution in [2.45, 2.75) is 51.6 Å². The van der Waals surface area contributed by atoms with Crippen LogP contribution >= 0.6 is 0 Å². The molecular weight excluding hydrogens is 356 g/mol. The van der Waals surface area contributed by atoms with Crippen molar-refractivity contribution >= 4 is 0 Å². The Morgan fingerprint density at radius 3 is 2.75 bits per heavy atom. The van der Waals surface area contributed by atoms with Gasteiger partial charge in [0.2, 0.25) is 0 Å². The first-order valence-corrected chi connectivity index (χ1v) is 9.92. The van der Waals surface area contributed by atoms with Crippen LogP contribution in [0.4, 0.5) is 0 Å². The molecule has 28 heavy (non-hydrogen) atoms. The van der Waals surface area contributed by atoms with Crippen LogP contribution in [0.5, 0.6) is 28.7 Å². The summed E-state index contributed by atoms with van der Waals surface area (Å²) in [5.74, 6) is 3.50. The van der Waals surface area contributed by atoms with E-state index in [1.54, 1.807) is 13.2 Å². The molecule has 0 fully saturated rings. The predicted molar refractivity (Wildman–Crippen MR) is 107 cm³/mol. The molecule has 1 atom stereocenters. The predicted octanol–water partition coefficient (Wildman–Crippen LogP) is 4.62. The maximum Gasteiger partial charge on any atom is 0.133 e. The molecule has 0 spiro atoms. The fourth-order valence-corrected chi connectivity index (χ4v) is 4.17. The third-order valence-electron chi connectivity index (χ3n) is 5.62. The lowest BCUT2D eigenvalue weighted by atomic mass is 9.85. The van der Waals surface area contributed by atoms with Crippen molar-refractivity contribution in [3.63, 3.8) is 0 Å². The summed E-state index contributed by atoms with van der Waals surface area (Å²) in [7, 11) is 1.67. The molecule has 2 aromatic carbocycles. The van der Waals surface area contributed by atoms with E-state index in [2.05, 4.69) is 13.8 Å². The van der Waals surface area contributed by atoms with Gasteiger partial charge in [-0.2, -0.15) is 0 Å². The molecule has 1 N–H and O–H groups in total. The lowest BCUT2D eigenvalue weighted by Crippen LogP contribution is -2.33. The van der Waals surface area contributed by atoms with Crippen LogP contribution in [0.1, 0.15) is 49.8 Å². The minimum absolute atomic E-state index is 0.0519. The van der Waals surface area contributed by atoms with Gasteiger partial charge in [0.05, 0.1) is 20.3 Å². The number of aromatic hydroxyl groups is 1. The molecule has 2 aliphatic rings. The maximum atomic E-state index is 10.5. The largest absolute Gasteiger partial charge is 0.508 e. The number of phenolic OH excluding ortho intramolecular Hbond substituents is 1. The average molecular weight is 384 g/mol. The van der Waals surface area contributed by atoms with E-state index in [0.717, 1.165) is 53.2 Å². The molecule has 0 amide bonds. The van der Waals surface area contributed by atoms with Crippen molar-refractivity contribution in [2.24, 2.45) is 0 Å². The van der Waals surface area contributed by atoms with E-state index in [1.807, 2.05) is 25.1 Å². The van der Waals surface area contributed by atoms with Crippen molar-refractivity contribution in [3.05, 3.63) is 41.0 Å². The van der Waals surface area contributed by atoms with Crippen molar-refractivity contribution in [3.8, 4) is 28.7 Å². The van der Waals surface area contributed by atoms with Gasteiger partial charge < -0.3 is 24.1 Å². The Labute approximate surface area is 166 Å². The van der Waals surface area contributed by atoms with Crippen LogP contribution in [0, 0.1) is 0 Å². The standard InChI is InChI=1S/C23H28O5/c1-5-26-15-6-7-16(19(24)11-15)14-10-18-20(25-4)12-21-17(22(18)27-13-14)8-9-23(2,3)28-21/h6-7,11-12,14,24H,5,8-10,13H2,1-4H3/t14-/m0/s1. The number of benzene rings is 2. The summed E-state index contributed by atoms with van der Waals surface area (Å²) in [5, 5.41) is 10.5. The Hall–Kier alpha value is -2.56. The lowest BCUT2D eigenvalue weighted by molar-refractivity contribution is 0.0821. The molecule has 0 unspecified atom stereocenters. The molecule has 2 heterocycles. The Morgan fingerprint density at radius 2 is 2.04 bits per heavy atom. The molecule has 0 aromatic heterocycles. The van der Waals surface area contributed by atoms with Crippen LogP contribution in [0.3, 0.4) is 0 Å². The van der Waals surface area contributed by atoms with E-state index < -0.39 is 0 Å². The zero-order valence-electron chi connectivity index (χ0n) is 17.0. The molecule has 150 valence electrons. The highest BCUT2D eigenvalue weighted by molar-refractivity contribution is 5.60. The van der Waals surface area contributed by atoms with E-state index in [-0.39, 0.29) is 17.3 Å². The van der Waals surface area contributed by atoms with Gasteiger partial charge in [0, 0.05) is 34.7 Å². The third kappa shape index (κ3) is 3.34. The summed E-state index contributed by atoms with van der Waals surface area (Å²) >= 11 is 0. The first-order chi connectivity index (χ1) is 13.4. The van der Waals surface area contributed by atoms with Crippen molar-refractivity contribution in [1.29, 1.82) is 0 Å². The van der Waals surface area contributed by atoms with E-state index in [9.17, 15) is 5.11 Å². The summed E-state index contributed by atoms with van der Waals surface area (Å²) in [5.41, 5.74) is 2.86. The zero-order chi connectivity index (χ0) is 19.9. The number of fused-ring (bicyclic) bond motifs is 3. The number of rotatable bonds is 4. The SMILES string of the molecule is CCOc1ccc([C@@H]2COc3c(c(OC)cc4c3CCC(C)(C)O4)C2)c(O)c1. The van der Waals surface area contributed by atoms with Crippen LogP contribution in [-0.4, -0.2) is 31.0 Å². The van der Waals surface area contributed by atoms with Gasteiger partial charge in [-0.15, -0.1) is 0 Å². The average Bonchev–Trinajstić information content (AvgIpc) is 2.66. The number of hydrogen-bond donors (Lipinski definition) is 1. The monoisotopic (exact) mass is 384 g/mol. The smallest absolute Gasteiger partial charge is 0.133 e. The Morgan fingerprint density at radius 1 is 1.21 bits per heavy atom. The van der Waals surface area contributed by atoms with E-state index >= 15 is 0 Å². The molecule has 0 aliphatic carbocycles. The van der Waals surface area contributed by atoms with Crippen LogP contribution in [0.2, 0.25) is 0 Å². The molecule has 5 heteroatoms. The minimum atomic E-state index is -0.183. The molecule has 2 aromatic rings. The van der Waals surface area contributed by atoms with Crippen LogP contribution < -0.4 is 18.9 Å². The first-order valence-electron chi connectivity index (χ1n) is 9.92. The van der Waals surface area contributed by atoms with Crippen LogP contribution in [0.15, 0.2) is 24.3 Å². The van der Waals surface area contributed by atoms with Crippen LogP contribution in [0.25, 0.3) is 0 Å². The fraction of sp³-hybridized carbons (Fsp3) is 0.478. The first kappa shape index (κ1) is 18.8. The molecule has 0 saturated carbocycles. The minimum Gasteiger partial charge on any atom is -0.508 e. The van der Waals surface area contributed by atoms with Crippen molar-refractivity contribution in [1.82, 2.24) is 0 Å². The van der Waals surface area contributed by atoms with Gasteiger partial charge in [-0.3, -0.25) is 0 Å².